The van der Waals surface area contributed by atoms with Crippen molar-refractivity contribution in [2.75, 3.05) is 6.61 Å². The number of esters is 1. The fraction of sp³-hybridized carbons (Fsp3) is 0.455. The lowest BCUT2D eigenvalue weighted by Crippen LogP contribution is -2.14. The molecule has 1 aromatic heterocycles. The molecule has 9 nitrogen and oxygen atoms in total. The molecule has 2 atom stereocenters. The molecule has 0 spiro atoms. The molecule has 0 radical (unpaired) electrons. The van der Waals surface area contributed by atoms with E-state index in [1.807, 2.05) is 6.92 Å². The monoisotopic (exact) mass is 612 g/mol. The lowest BCUT2D eigenvalue weighted by molar-refractivity contribution is 0.0559. The standard InChI is InChI=1S/C33H38F2N2O7/c1-3-5-6-7-8-9-10-13-19-40-26-18-17-24(28(34)29(26)35)31(38)42-25-16-12-11-15-23(25)30-36-20-22(21-37-30)41-33(39)44-32-27(43-32)14-4-2/h11-12,15-18,20-21,27,32H,3-10,13-14,19H2,1-2H3/t27-,32-/m1/s1. The van der Waals surface area contributed by atoms with Gasteiger partial charge in [-0.2, -0.15) is 4.39 Å². The summed E-state index contributed by atoms with van der Waals surface area (Å²) in [7, 11) is 0. The van der Waals surface area contributed by atoms with Crippen LogP contribution < -0.4 is 14.2 Å². The number of epoxide rings is 1. The second kappa shape index (κ2) is 16.7. The third-order valence-electron chi connectivity index (χ3n) is 7.00. The molecule has 1 aliphatic heterocycles. The third-order valence-corrected chi connectivity index (χ3v) is 7.00. The molecule has 0 unspecified atom stereocenters. The highest BCUT2D eigenvalue weighted by molar-refractivity contribution is 5.92. The first-order chi connectivity index (χ1) is 21.4. The molecule has 0 amide bonds. The maximum atomic E-state index is 14.9. The van der Waals surface area contributed by atoms with E-state index < -0.39 is 35.6 Å². The molecule has 4 rings (SSSR count). The predicted octanol–water partition coefficient (Wildman–Crippen LogP) is 8.20. The SMILES string of the molecule is CCCCCCCCCCOc1ccc(C(=O)Oc2ccccc2-c2ncc(OC(=O)O[C@H]3O[C@@H]3CCC)cn2)c(F)c1F. The summed E-state index contributed by atoms with van der Waals surface area (Å²) in [6.07, 6.45) is 11.3. The Morgan fingerprint density at radius 2 is 1.52 bits per heavy atom. The van der Waals surface area contributed by atoms with Gasteiger partial charge < -0.3 is 23.7 Å². The summed E-state index contributed by atoms with van der Waals surface area (Å²) in [5.41, 5.74) is -0.282. The van der Waals surface area contributed by atoms with Crippen LogP contribution in [-0.4, -0.2) is 41.1 Å². The maximum Gasteiger partial charge on any atom is 0.516 e. The van der Waals surface area contributed by atoms with Crippen molar-refractivity contribution in [2.45, 2.75) is 90.4 Å². The first-order valence-corrected chi connectivity index (χ1v) is 15.2. The largest absolute Gasteiger partial charge is 0.516 e. The topological polar surface area (TPSA) is 109 Å². The second-order valence-electron chi connectivity index (χ2n) is 10.5. The number of aromatic nitrogens is 2. The minimum absolute atomic E-state index is 0.0215. The summed E-state index contributed by atoms with van der Waals surface area (Å²) in [4.78, 5) is 33.2. The van der Waals surface area contributed by atoms with Crippen LogP contribution in [0, 0.1) is 11.6 Å². The molecule has 44 heavy (non-hydrogen) atoms. The zero-order valence-corrected chi connectivity index (χ0v) is 25.1. The molecule has 3 aromatic rings. The molecule has 1 aliphatic rings. The Balaban J connectivity index is 1.31. The molecule has 1 fully saturated rings. The first kappa shape index (κ1) is 32.8. The lowest BCUT2D eigenvalue weighted by Gasteiger charge is -2.12. The van der Waals surface area contributed by atoms with E-state index in [1.165, 1.54) is 50.2 Å². The number of hydrogen-bond donors (Lipinski definition) is 0. The summed E-state index contributed by atoms with van der Waals surface area (Å²) in [5.74, 6) is -3.78. The molecule has 2 heterocycles. The fourth-order valence-corrected chi connectivity index (χ4v) is 4.56. The zero-order valence-electron chi connectivity index (χ0n) is 25.1. The van der Waals surface area contributed by atoms with Crippen molar-refractivity contribution in [2.24, 2.45) is 0 Å². The van der Waals surface area contributed by atoms with Crippen LogP contribution in [0.2, 0.25) is 0 Å². The normalized spacial score (nSPS) is 15.5. The highest BCUT2D eigenvalue weighted by Crippen LogP contribution is 2.31. The van der Waals surface area contributed by atoms with Gasteiger partial charge in [0.05, 0.1) is 30.1 Å². The molecule has 0 N–H and O–H groups in total. The molecule has 1 saturated heterocycles. The Kier molecular flexibility index (Phi) is 12.4. The van der Waals surface area contributed by atoms with E-state index in [1.54, 1.807) is 18.2 Å². The lowest BCUT2D eigenvalue weighted by atomic mass is 10.1. The van der Waals surface area contributed by atoms with Crippen LogP contribution in [0.1, 0.15) is 88.4 Å². The molecular formula is C33H38F2N2O7. The average Bonchev–Trinajstić information content (AvgIpc) is 3.75. The molecule has 236 valence electrons. The van der Waals surface area contributed by atoms with Crippen molar-refractivity contribution in [3.05, 3.63) is 66.0 Å². The van der Waals surface area contributed by atoms with Crippen molar-refractivity contribution in [3.63, 3.8) is 0 Å². The van der Waals surface area contributed by atoms with Crippen molar-refractivity contribution in [1.82, 2.24) is 9.97 Å². The number of unbranched alkanes of at least 4 members (excludes halogenated alkanes) is 7. The first-order valence-electron chi connectivity index (χ1n) is 15.2. The number of benzene rings is 2. The number of ether oxygens (including phenoxy) is 5. The smallest absolute Gasteiger partial charge is 0.490 e. The molecule has 11 heteroatoms. The van der Waals surface area contributed by atoms with Gasteiger partial charge in [0.15, 0.2) is 23.1 Å². The van der Waals surface area contributed by atoms with Gasteiger partial charge in [0.2, 0.25) is 12.1 Å². The highest BCUT2D eigenvalue weighted by atomic mass is 19.2. The van der Waals surface area contributed by atoms with E-state index in [0.29, 0.717) is 5.56 Å². The summed E-state index contributed by atoms with van der Waals surface area (Å²) >= 11 is 0. The van der Waals surface area contributed by atoms with E-state index in [9.17, 15) is 18.4 Å². The van der Waals surface area contributed by atoms with Gasteiger partial charge in [-0.15, -0.1) is 0 Å². The Morgan fingerprint density at radius 3 is 2.25 bits per heavy atom. The van der Waals surface area contributed by atoms with Crippen LogP contribution >= 0.6 is 0 Å². The predicted molar refractivity (Wildman–Crippen MR) is 158 cm³/mol. The maximum absolute atomic E-state index is 14.9. The van der Waals surface area contributed by atoms with Gasteiger partial charge in [-0.1, -0.05) is 77.3 Å². The van der Waals surface area contributed by atoms with Crippen LogP contribution in [-0.2, 0) is 9.47 Å². The van der Waals surface area contributed by atoms with Crippen LogP contribution in [0.3, 0.4) is 0 Å². The number of para-hydroxylation sites is 1. The van der Waals surface area contributed by atoms with Gasteiger partial charge >= 0.3 is 12.1 Å². The average molecular weight is 613 g/mol. The Hall–Kier alpha value is -4.12. The number of halogens is 2. The van der Waals surface area contributed by atoms with Crippen molar-refractivity contribution in [3.8, 4) is 28.6 Å². The van der Waals surface area contributed by atoms with Gasteiger partial charge in [0, 0.05) is 0 Å². The Labute approximate surface area is 255 Å². The molecule has 2 aromatic carbocycles. The van der Waals surface area contributed by atoms with Crippen LogP contribution in [0.4, 0.5) is 13.6 Å². The number of nitrogens with zero attached hydrogens (tertiary/aromatic N) is 2. The van der Waals surface area contributed by atoms with Gasteiger partial charge in [0.25, 0.3) is 0 Å². The van der Waals surface area contributed by atoms with Crippen molar-refractivity contribution in [1.29, 1.82) is 0 Å². The highest BCUT2D eigenvalue weighted by Gasteiger charge is 2.42. The van der Waals surface area contributed by atoms with E-state index in [2.05, 4.69) is 16.9 Å². The Morgan fingerprint density at radius 1 is 0.818 bits per heavy atom. The minimum atomic E-state index is -1.36. The molecule has 0 bridgehead atoms. The van der Waals surface area contributed by atoms with Gasteiger partial charge in [-0.25, -0.2) is 23.9 Å². The molecule has 0 aliphatic carbocycles. The van der Waals surface area contributed by atoms with Crippen LogP contribution in [0.15, 0.2) is 48.8 Å². The molecule has 0 saturated carbocycles. The summed E-state index contributed by atoms with van der Waals surface area (Å²) in [5, 5.41) is 0. The summed E-state index contributed by atoms with van der Waals surface area (Å²) < 4.78 is 55.8. The summed E-state index contributed by atoms with van der Waals surface area (Å²) in [6, 6.07) is 8.67. The van der Waals surface area contributed by atoms with E-state index in [4.69, 9.17) is 23.7 Å². The Bertz CT molecular complexity index is 1390. The van der Waals surface area contributed by atoms with Gasteiger partial charge in [-0.3, -0.25) is 0 Å². The minimum Gasteiger partial charge on any atom is -0.490 e. The third kappa shape index (κ3) is 9.44. The molecular weight excluding hydrogens is 574 g/mol. The fourth-order valence-electron chi connectivity index (χ4n) is 4.56. The zero-order chi connectivity index (χ0) is 31.3. The van der Waals surface area contributed by atoms with Gasteiger partial charge in [0.1, 0.15) is 11.9 Å². The second-order valence-corrected chi connectivity index (χ2v) is 10.5. The van der Waals surface area contributed by atoms with E-state index in [0.717, 1.165) is 44.6 Å². The van der Waals surface area contributed by atoms with Crippen LogP contribution in [0.5, 0.6) is 17.2 Å². The van der Waals surface area contributed by atoms with Crippen LogP contribution in [0.25, 0.3) is 11.4 Å². The van der Waals surface area contributed by atoms with Crippen molar-refractivity contribution >= 4 is 12.1 Å². The number of carbonyl (C=O) groups is 2. The van der Waals surface area contributed by atoms with E-state index in [-0.39, 0.29) is 35.8 Å². The number of rotatable bonds is 17. The van der Waals surface area contributed by atoms with Crippen molar-refractivity contribution < 1.29 is 42.1 Å². The summed E-state index contributed by atoms with van der Waals surface area (Å²) in [6.45, 7) is 4.43. The quantitative estimate of drug-likeness (QED) is 0.0645. The number of hydrogen-bond acceptors (Lipinski definition) is 9. The van der Waals surface area contributed by atoms with E-state index >= 15 is 0 Å². The van der Waals surface area contributed by atoms with Gasteiger partial charge in [-0.05, 0) is 37.1 Å². The number of carbonyl (C=O) groups excluding carboxylic acids is 2.